The summed E-state index contributed by atoms with van der Waals surface area (Å²) in [6.07, 6.45) is 7.92. The van der Waals surface area contributed by atoms with Gasteiger partial charge in [0.1, 0.15) is 18.1 Å². The number of likely N-dealkylation sites (N-methyl/N-ethyl adjacent to an activating group) is 1. The molecule has 3 atom stereocenters. The van der Waals surface area contributed by atoms with Gasteiger partial charge in [0, 0.05) is 50.9 Å². The molecule has 2 heterocycles. The number of halogens is 1. The molecule has 45 heavy (non-hydrogen) atoms. The number of nitrogens with zero attached hydrogens (tertiary/aromatic N) is 3. The van der Waals surface area contributed by atoms with E-state index in [0.29, 0.717) is 36.3 Å². The largest absolute Gasteiger partial charge is 0.364 e. The summed E-state index contributed by atoms with van der Waals surface area (Å²) in [5, 5.41) is 9.54. The minimum absolute atomic E-state index is 0.00530. The summed E-state index contributed by atoms with van der Waals surface area (Å²) in [5.74, 6) is -2.80. The van der Waals surface area contributed by atoms with Gasteiger partial charge in [0.15, 0.2) is 5.78 Å². The zero-order chi connectivity index (χ0) is 32.5. The van der Waals surface area contributed by atoms with Crippen molar-refractivity contribution in [2.24, 2.45) is 11.8 Å². The van der Waals surface area contributed by atoms with Crippen molar-refractivity contribution in [1.82, 2.24) is 20.3 Å². The van der Waals surface area contributed by atoms with E-state index in [1.807, 2.05) is 14.0 Å². The highest BCUT2D eigenvalue weighted by Gasteiger charge is 2.35. The summed E-state index contributed by atoms with van der Waals surface area (Å²) in [7, 11) is 2.00. The molecule has 2 aromatic rings. The van der Waals surface area contributed by atoms with Crippen LogP contribution in [-0.4, -0.2) is 77.7 Å². The molecular formula is C34H48FN5O5. The lowest BCUT2D eigenvalue weighted by molar-refractivity contribution is -0.138. The van der Waals surface area contributed by atoms with Crippen LogP contribution < -0.4 is 10.6 Å². The van der Waals surface area contributed by atoms with Crippen LogP contribution in [0.25, 0.3) is 0 Å². The van der Waals surface area contributed by atoms with Gasteiger partial charge in [-0.1, -0.05) is 57.7 Å². The fourth-order valence-electron chi connectivity index (χ4n) is 6.47. The van der Waals surface area contributed by atoms with E-state index in [4.69, 9.17) is 4.52 Å². The van der Waals surface area contributed by atoms with E-state index in [1.165, 1.54) is 18.4 Å². The molecule has 1 saturated carbocycles. The molecule has 1 aliphatic heterocycles. The van der Waals surface area contributed by atoms with Crippen LogP contribution in [0.5, 0.6) is 0 Å². The van der Waals surface area contributed by atoms with E-state index >= 15 is 4.39 Å². The Bertz CT molecular complexity index is 1330. The predicted molar refractivity (Wildman–Crippen MR) is 169 cm³/mol. The zero-order valence-corrected chi connectivity index (χ0v) is 27.1. The van der Waals surface area contributed by atoms with Gasteiger partial charge in [-0.3, -0.25) is 19.2 Å². The number of aryl methyl sites for hydroxylation is 1. The lowest BCUT2D eigenvalue weighted by atomic mass is 9.81. The Morgan fingerprint density at radius 1 is 1.04 bits per heavy atom. The normalized spacial score (nSPS) is 18.5. The third-order valence-electron chi connectivity index (χ3n) is 9.49. The average molecular weight is 626 g/mol. The summed E-state index contributed by atoms with van der Waals surface area (Å²) in [4.78, 5) is 56.9. The van der Waals surface area contributed by atoms with Gasteiger partial charge < -0.3 is 25.0 Å². The van der Waals surface area contributed by atoms with E-state index in [-0.39, 0.29) is 48.0 Å². The molecule has 2 aliphatic rings. The van der Waals surface area contributed by atoms with Crippen molar-refractivity contribution in [3.05, 3.63) is 47.1 Å². The van der Waals surface area contributed by atoms with Crippen LogP contribution in [0.1, 0.15) is 99.7 Å². The standard InChI is InChI=1S/C34H48FN5O5/c1-5-28-26(21-45-38-28)30(41)20-25(23-11-9-7-8-10-12-23)33(43)36-29-14-13-24(19-27(29)35)22(3)32(37-31(42)6-2)34(44)40-17-15-39(4)16-18-40/h13-14,19,21-23,25,32H,5-12,15-18,20H2,1-4H3,(H,36,43)(H,37,42)/t22-,25-,32+/m0/s1. The van der Waals surface area contributed by atoms with Crippen molar-refractivity contribution < 1.29 is 28.1 Å². The Balaban J connectivity index is 1.52. The van der Waals surface area contributed by atoms with Crippen LogP contribution in [0.3, 0.4) is 0 Å². The number of nitrogens with one attached hydrogen (secondary N) is 2. The smallest absolute Gasteiger partial charge is 0.245 e. The number of carbonyl (C=O) groups excluding carboxylic acids is 4. The van der Waals surface area contributed by atoms with Gasteiger partial charge in [-0.05, 0) is 49.9 Å². The summed E-state index contributed by atoms with van der Waals surface area (Å²) in [6.45, 7) is 8.00. The molecule has 2 N–H and O–H groups in total. The minimum Gasteiger partial charge on any atom is -0.364 e. The first-order valence-corrected chi connectivity index (χ1v) is 16.5. The van der Waals surface area contributed by atoms with E-state index in [2.05, 4.69) is 20.7 Å². The number of carbonyl (C=O) groups is 4. The zero-order valence-electron chi connectivity index (χ0n) is 27.1. The van der Waals surface area contributed by atoms with Crippen molar-refractivity contribution in [3.63, 3.8) is 0 Å². The molecule has 1 aliphatic carbocycles. The highest BCUT2D eigenvalue weighted by molar-refractivity contribution is 6.01. The number of rotatable bonds is 12. The molecule has 0 unspecified atom stereocenters. The Morgan fingerprint density at radius 2 is 1.73 bits per heavy atom. The van der Waals surface area contributed by atoms with Gasteiger partial charge in [0.25, 0.3) is 0 Å². The van der Waals surface area contributed by atoms with Crippen molar-refractivity contribution in [2.45, 2.75) is 90.5 Å². The molecule has 0 bridgehead atoms. The van der Waals surface area contributed by atoms with E-state index in [0.717, 1.165) is 51.6 Å². The fourth-order valence-corrected chi connectivity index (χ4v) is 6.47. The Hall–Kier alpha value is -3.60. The Labute approximate surface area is 265 Å². The molecule has 1 aromatic heterocycles. The molecule has 3 amide bonds. The maximum absolute atomic E-state index is 15.6. The van der Waals surface area contributed by atoms with Crippen molar-refractivity contribution in [3.8, 4) is 0 Å². The van der Waals surface area contributed by atoms with Crippen LogP contribution in [0.2, 0.25) is 0 Å². The van der Waals surface area contributed by atoms with E-state index in [9.17, 15) is 19.2 Å². The predicted octanol–water partition coefficient (Wildman–Crippen LogP) is 4.95. The van der Waals surface area contributed by atoms with E-state index in [1.54, 1.807) is 24.8 Å². The van der Waals surface area contributed by atoms with Gasteiger partial charge >= 0.3 is 0 Å². The minimum atomic E-state index is -0.850. The van der Waals surface area contributed by atoms with Gasteiger partial charge in [0.05, 0.1) is 16.9 Å². The Kier molecular flexibility index (Phi) is 12.3. The molecule has 2 fully saturated rings. The molecule has 4 rings (SSSR count). The molecule has 246 valence electrons. The van der Waals surface area contributed by atoms with Crippen LogP contribution in [0.15, 0.2) is 29.0 Å². The highest BCUT2D eigenvalue weighted by atomic mass is 19.1. The van der Waals surface area contributed by atoms with Crippen LogP contribution in [-0.2, 0) is 20.8 Å². The maximum Gasteiger partial charge on any atom is 0.245 e. The molecule has 0 radical (unpaired) electrons. The second-order valence-corrected chi connectivity index (χ2v) is 12.6. The third-order valence-corrected chi connectivity index (χ3v) is 9.49. The second kappa shape index (κ2) is 16.1. The SMILES string of the molecule is CCC(=O)N[C@@H](C(=O)N1CCN(C)CC1)[C@@H](C)c1ccc(NC(=O)[C@@H](CC(=O)c2conc2CC)C2CCCCCC2)c(F)c1. The van der Waals surface area contributed by atoms with Crippen molar-refractivity contribution in [1.29, 1.82) is 0 Å². The highest BCUT2D eigenvalue weighted by Crippen LogP contribution is 2.34. The van der Waals surface area contributed by atoms with Gasteiger partial charge in [-0.25, -0.2) is 4.39 Å². The van der Waals surface area contributed by atoms with Crippen LogP contribution in [0, 0.1) is 17.7 Å². The number of anilines is 1. The molecule has 11 heteroatoms. The van der Waals surface area contributed by atoms with Crippen LogP contribution >= 0.6 is 0 Å². The number of piperazine rings is 1. The number of aromatic nitrogens is 1. The first kappa shape index (κ1) is 34.3. The third kappa shape index (κ3) is 8.77. The number of benzene rings is 1. The number of hydrogen-bond donors (Lipinski definition) is 2. The lowest BCUT2D eigenvalue weighted by Gasteiger charge is -2.36. The quantitative estimate of drug-likeness (QED) is 0.253. The van der Waals surface area contributed by atoms with Gasteiger partial charge in [-0.2, -0.15) is 0 Å². The molecule has 1 saturated heterocycles. The number of amides is 3. The first-order chi connectivity index (χ1) is 21.6. The first-order valence-electron chi connectivity index (χ1n) is 16.5. The molecule has 10 nitrogen and oxygen atoms in total. The molecule has 0 spiro atoms. The number of ketones is 1. The van der Waals surface area contributed by atoms with E-state index < -0.39 is 23.7 Å². The molecule has 1 aromatic carbocycles. The number of Topliss-reactive ketones (excluding diaryl/α,β-unsaturated/α-hetero) is 1. The van der Waals surface area contributed by atoms with Gasteiger partial charge in [0.2, 0.25) is 17.7 Å². The van der Waals surface area contributed by atoms with Crippen molar-refractivity contribution in [2.75, 3.05) is 38.5 Å². The maximum atomic E-state index is 15.6. The molecular weight excluding hydrogens is 577 g/mol. The monoisotopic (exact) mass is 625 g/mol. The Morgan fingerprint density at radius 3 is 2.36 bits per heavy atom. The van der Waals surface area contributed by atoms with Gasteiger partial charge in [-0.15, -0.1) is 0 Å². The number of hydrogen-bond acceptors (Lipinski definition) is 7. The summed E-state index contributed by atoms with van der Waals surface area (Å²) in [6, 6.07) is 3.65. The summed E-state index contributed by atoms with van der Waals surface area (Å²) in [5.41, 5.74) is 1.50. The van der Waals surface area contributed by atoms with Crippen molar-refractivity contribution >= 4 is 29.2 Å². The summed E-state index contributed by atoms with van der Waals surface area (Å²) >= 11 is 0. The second-order valence-electron chi connectivity index (χ2n) is 12.6. The summed E-state index contributed by atoms with van der Waals surface area (Å²) < 4.78 is 20.7. The van der Waals surface area contributed by atoms with Crippen LogP contribution in [0.4, 0.5) is 10.1 Å². The lowest BCUT2D eigenvalue weighted by Crippen LogP contribution is -2.55. The average Bonchev–Trinajstić information content (AvgIpc) is 3.37. The fraction of sp³-hybridized carbons (Fsp3) is 0.618. The topological polar surface area (TPSA) is 125 Å².